The van der Waals surface area contributed by atoms with E-state index in [9.17, 15) is 0 Å². The van der Waals surface area contributed by atoms with Crippen molar-refractivity contribution in [3.05, 3.63) is 29.3 Å². The zero-order valence-electron chi connectivity index (χ0n) is 10.6. The molecule has 88 valence electrons. The van der Waals surface area contributed by atoms with Gasteiger partial charge in [0.2, 0.25) is 0 Å². The van der Waals surface area contributed by atoms with Crippen LogP contribution >= 0.6 is 0 Å². The maximum absolute atomic E-state index is 3.55. The van der Waals surface area contributed by atoms with Crippen LogP contribution in [0.3, 0.4) is 0 Å². The van der Waals surface area contributed by atoms with Crippen molar-refractivity contribution in [2.75, 3.05) is 5.32 Å². The van der Waals surface area contributed by atoms with E-state index < -0.39 is 0 Å². The zero-order valence-corrected chi connectivity index (χ0v) is 10.6. The number of fused-ring (bicyclic) bond motifs is 1. The molecule has 1 aromatic rings. The van der Waals surface area contributed by atoms with Gasteiger partial charge in [-0.1, -0.05) is 31.9 Å². The molecular formula is C15H23N. The number of rotatable bonds is 4. The topological polar surface area (TPSA) is 12.0 Å². The highest BCUT2D eigenvalue weighted by Gasteiger charge is 2.13. The van der Waals surface area contributed by atoms with Crippen molar-refractivity contribution in [2.24, 2.45) is 0 Å². The number of nitrogens with one attached hydrogen (secondary N) is 1. The summed E-state index contributed by atoms with van der Waals surface area (Å²) in [5.74, 6) is 0. The van der Waals surface area contributed by atoms with E-state index in [0.29, 0.717) is 6.04 Å². The fraction of sp³-hybridized carbons (Fsp3) is 0.600. The summed E-state index contributed by atoms with van der Waals surface area (Å²) in [4.78, 5) is 0. The van der Waals surface area contributed by atoms with Crippen LogP contribution < -0.4 is 5.32 Å². The van der Waals surface area contributed by atoms with Crippen LogP contribution in [-0.2, 0) is 12.8 Å². The van der Waals surface area contributed by atoms with E-state index in [1.807, 2.05) is 0 Å². The van der Waals surface area contributed by atoms with Crippen LogP contribution in [0.25, 0.3) is 0 Å². The van der Waals surface area contributed by atoms with Gasteiger partial charge in [-0.2, -0.15) is 0 Å². The average Bonchev–Trinajstić information content (AvgIpc) is 2.29. The molecule has 0 aromatic heterocycles. The second-order valence-corrected chi connectivity index (χ2v) is 5.03. The van der Waals surface area contributed by atoms with Gasteiger partial charge in [-0.15, -0.1) is 0 Å². The first-order chi connectivity index (χ1) is 7.79. The van der Waals surface area contributed by atoms with E-state index in [-0.39, 0.29) is 0 Å². The molecule has 0 aliphatic carbocycles. The van der Waals surface area contributed by atoms with Crippen molar-refractivity contribution in [3.8, 4) is 0 Å². The SMILES string of the molecule is CCCCCc1ccc2c(c1)CCC(C)N2. The molecule has 0 bridgehead atoms. The Kier molecular flexibility index (Phi) is 3.87. The predicted octanol–water partition coefficient (Wildman–Crippen LogP) is 4.17. The molecule has 0 spiro atoms. The molecule has 1 heterocycles. The standard InChI is InChI=1S/C15H23N/c1-3-4-5-6-13-8-10-15-14(11-13)9-7-12(2)16-15/h8,10-12,16H,3-7,9H2,1-2H3. The predicted molar refractivity (Wildman–Crippen MR) is 71.1 cm³/mol. The number of anilines is 1. The lowest BCUT2D eigenvalue weighted by atomic mass is 9.95. The maximum Gasteiger partial charge on any atom is 0.0374 e. The summed E-state index contributed by atoms with van der Waals surface area (Å²) in [6.07, 6.45) is 7.75. The lowest BCUT2D eigenvalue weighted by molar-refractivity contribution is 0.677. The molecule has 1 aliphatic heterocycles. The smallest absolute Gasteiger partial charge is 0.0374 e. The Morgan fingerprint density at radius 3 is 3.00 bits per heavy atom. The Balaban J connectivity index is 2.02. The van der Waals surface area contributed by atoms with Gasteiger partial charge in [0.1, 0.15) is 0 Å². The van der Waals surface area contributed by atoms with Gasteiger partial charge < -0.3 is 5.32 Å². The number of aryl methyl sites for hydroxylation is 2. The number of unbranched alkanes of at least 4 members (excludes halogenated alkanes) is 2. The highest BCUT2D eigenvalue weighted by molar-refractivity contribution is 5.55. The summed E-state index contributed by atoms with van der Waals surface area (Å²) < 4.78 is 0. The van der Waals surface area contributed by atoms with Crippen molar-refractivity contribution >= 4 is 5.69 Å². The minimum Gasteiger partial charge on any atom is -0.382 e. The van der Waals surface area contributed by atoms with E-state index in [1.165, 1.54) is 55.3 Å². The summed E-state index contributed by atoms with van der Waals surface area (Å²) in [5.41, 5.74) is 4.40. The van der Waals surface area contributed by atoms with Crippen LogP contribution in [0.5, 0.6) is 0 Å². The van der Waals surface area contributed by atoms with Gasteiger partial charge in [0, 0.05) is 11.7 Å². The molecule has 1 unspecified atom stereocenters. The summed E-state index contributed by atoms with van der Waals surface area (Å²) in [6, 6.07) is 7.61. The lowest BCUT2D eigenvalue weighted by Crippen LogP contribution is -2.21. The molecule has 0 fully saturated rings. The molecule has 1 aromatic carbocycles. The molecule has 1 atom stereocenters. The molecule has 1 N–H and O–H groups in total. The Morgan fingerprint density at radius 2 is 2.19 bits per heavy atom. The van der Waals surface area contributed by atoms with Crippen molar-refractivity contribution < 1.29 is 0 Å². The first kappa shape index (κ1) is 11.5. The minimum atomic E-state index is 0.637. The largest absolute Gasteiger partial charge is 0.382 e. The van der Waals surface area contributed by atoms with Crippen LogP contribution in [0.15, 0.2) is 18.2 Å². The van der Waals surface area contributed by atoms with Crippen LogP contribution in [0.1, 0.15) is 50.7 Å². The van der Waals surface area contributed by atoms with Gasteiger partial charge in [0.05, 0.1) is 0 Å². The zero-order chi connectivity index (χ0) is 11.4. The van der Waals surface area contributed by atoms with Crippen LogP contribution in [0, 0.1) is 0 Å². The third-order valence-electron chi connectivity index (χ3n) is 3.49. The molecule has 16 heavy (non-hydrogen) atoms. The normalized spacial score (nSPS) is 19.0. The van der Waals surface area contributed by atoms with Crippen LogP contribution in [-0.4, -0.2) is 6.04 Å². The van der Waals surface area contributed by atoms with Gasteiger partial charge in [0.15, 0.2) is 0 Å². The Bertz CT molecular complexity index is 343. The van der Waals surface area contributed by atoms with Crippen molar-refractivity contribution in [1.82, 2.24) is 0 Å². The Morgan fingerprint density at radius 1 is 1.31 bits per heavy atom. The molecule has 0 amide bonds. The lowest BCUT2D eigenvalue weighted by Gasteiger charge is -2.24. The first-order valence-corrected chi connectivity index (χ1v) is 6.68. The van der Waals surface area contributed by atoms with E-state index in [2.05, 4.69) is 37.4 Å². The van der Waals surface area contributed by atoms with Crippen molar-refractivity contribution in [3.63, 3.8) is 0 Å². The van der Waals surface area contributed by atoms with Gasteiger partial charge in [-0.05, 0) is 49.8 Å². The molecule has 0 saturated carbocycles. The van der Waals surface area contributed by atoms with Crippen LogP contribution in [0.2, 0.25) is 0 Å². The molecule has 0 radical (unpaired) electrons. The number of benzene rings is 1. The van der Waals surface area contributed by atoms with Gasteiger partial charge >= 0.3 is 0 Å². The summed E-state index contributed by atoms with van der Waals surface area (Å²) in [6.45, 7) is 4.52. The van der Waals surface area contributed by atoms with Gasteiger partial charge in [-0.3, -0.25) is 0 Å². The van der Waals surface area contributed by atoms with Gasteiger partial charge in [0.25, 0.3) is 0 Å². The van der Waals surface area contributed by atoms with Crippen molar-refractivity contribution in [2.45, 2.75) is 58.4 Å². The summed E-state index contributed by atoms with van der Waals surface area (Å²) in [7, 11) is 0. The van der Waals surface area contributed by atoms with E-state index in [4.69, 9.17) is 0 Å². The Hall–Kier alpha value is -0.980. The first-order valence-electron chi connectivity index (χ1n) is 6.68. The number of hydrogen-bond donors (Lipinski definition) is 1. The third kappa shape index (κ3) is 2.78. The average molecular weight is 217 g/mol. The fourth-order valence-electron chi connectivity index (χ4n) is 2.44. The molecule has 1 heteroatoms. The monoisotopic (exact) mass is 217 g/mol. The molecular weight excluding hydrogens is 194 g/mol. The number of hydrogen-bond acceptors (Lipinski definition) is 1. The Labute approximate surface area is 99.3 Å². The van der Waals surface area contributed by atoms with Crippen molar-refractivity contribution in [1.29, 1.82) is 0 Å². The maximum atomic E-state index is 3.55. The molecule has 1 nitrogen and oxygen atoms in total. The quantitative estimate of drug-likeness (QED) is 0.746. The second-order valence-electron chi connectivity index (χ2n) is 5.03. The summed E-state index contributed by atoms with van der Waals surface area (Å²) >= 11 is 0. The van der Waals surface area contributed by atoms with E-state index in [0.717, 1.165) is 0 Å². The summed E-state index contributed by atoms with van der Waals surface area (Å²) in [5, 5.41) is 3.55. The van der Waals surface area contributed by atoms with E-state index >= 15 is 0 Å². The highest BCUT2D eigenvalue weighted by Crippen LogP contribution is 2.26. The fourth-order valence-corrected chi connectivity index (χ4v) is 2.44. The molecule has 2 rings (SSSR count). The second kappa shape index (κ2) is 5.38. The van der Waals surface area contributed by atoms with Crippen LogP contribution in [0.4, 0.5) is 5.69 Å². The van der Waals surface area contributed by atoms with E-state index in [1.54, 1.807) is 0 Å². The third-order valence-corrected chi connectivity index (χ3v) is 3.49. The molecule has 0 saturated heterocycles. The minimum absolute atomic E-state index is 0.637. The van der Waals surface area contributed by atoms with Gasteiger partial charge in [-0.25, -0.2) is 0 Å². The highest BCUT2D eigenvalue weighted by atomic mass is 14.9. The molecule has 1 aliphatic rings.